The van der Waals surface area contributed by atoms with Crippen molar-refractivity contribution in [3.05, 3.63) is 18.1 Å². The molecule has 0 spiro atoms. The molecule has 6 heteroatoms. The lowest BCUT2D eigenvalue weighted by atomic mass is 10.2. The monoisotopic (exact) mass is 302 g/mol. The van der Waals surface area contributed by atoms with Gasteiger partial charge in [0.25, 0.3) is 0 Å². The Labute approximate surface area is 131 Å². The third kappa shape index (κ3) is 3.38. The van der Waals surface area contributed by atoms with Crippen LogP contribution in [0.2, 0.25) is 0 Å². The zero-order valence-electron chi connectivity index (χ0n) is 13.6. The summed E-state index contributed by atoms with van der Waals surface area (Å²) >= 11 is 0. The third-order valence-corrected chi connectivity index (χ3v) is 4.63. The summed E-state index contributed by atoms with van der Waals surface area (Å²) in [6, 6.07) is 2.89. The lowest BCUT2D eigenvalue weighted by Gasteiger charge is -2.23. The molecule has 1 aliphatic rings. The molecule has 2 heterocycles. The van der Waals surface area contributed by atoms with Gasteiger partial charge in [-0.15, -0.1) is 10.2 Å². The van der Waals surface area contributed by atoms with Crippen molar-refractivity contribution in [3.63, 3.8) is 0 Å². The van der Waals surface area contributed by atoms with Crippen LogP contribution in [-0.2, 0) is 6.42 Å². The number of aryl methyl sites for hydroxylation is 1. The van der Waals surface area contributed by atoms with Gasteiger partial charge in [-0.3, -0.25) is 0 Å². The van der Waals surface area contributed by atoms with E-state index in [1.807, 2.05) is 0 Å². The Morgan fingerprint density at radius 1 is 1.36 bits per heavy atom. The molecule has 120 valence electrons. The average Bonchev–Trinajstić information content (AvgIpc) is 3.21. The zero-order chi connectivity index (χ0) is 15.4. The summed E-state index contributed by atoms with van der Waals surface area (Å²) in [5, 5.41) is 16.1. The topological polar surface area (TPSA) is 58.3 Å². The van der Waals surface area contributed by atoms with Gasteiger partial charge in [0.1, 0.15) is 6.33 Å². The number of aromatic nitrogens is 4. The molecular formula is C16H26N6. The molecule has 1 N–H and O–H groups in total. The zero-order valence-corrected chi connectivity index (χ0v) is 13.6. The van der Waals surface area contributed by atoms with E-state index >= 15 is 0 Å². The number of anilines is 1. The molecule has 6 nitrogen and oxygen atoms in total. The van der Waals surface area contributed by atoms with E-state index in [-0.39, 0.29) is 0 Å². The molecule has 0 aromatic carbocycles. The van der Waals surface area contributed by atoms with E-state index in [4.69, 9.17) is 0 Å². The Morgan fingerprint density at radius 3 is 2.95 bits per heavy atom. The fourth-order valence-electron chi connectivity index (χ4n) is 3.26. The van der Waals surface area contributed by atoms with Crippen LogP contribution in [0.3, 0.4) is 0 Å². The molecule has 1 saturated carbocycles. The summed E-state index contributed by atoms with van der Waals surface area (Å²) in [7, 11) is 2.26. The number of fused-ring (bicyclic) bond motifs is 1. The van der Waals surface area contributed by atoms with Gasteiger partial charge in [-0.05, 0) is 45.3 Å². The standard InChI is InChI=1S/C16H26N6/c1-3-13-11-15(16-19-18-12-22(16)20-13)17-9-6-10-21(2)14-7-4-5-8-14/h11-12,14,17H,3-10H2,1-2H3. The lowest BCUT2D eigenvalue weighted by molar-refractivity contribution is 0.245. The van der Waals surface area contributed by atoms with Crippen LogP contribution in [0.25, 0.3) is 5.65 Å². The Morgan fingerprint density at radius 2 is 2.18 bits per heavy atom. The van der Waals surface area contributed by atoms with E-state index in [2.05, 4.69) is 45.6 Å². The summed E-state index contributed by atoms with van der Waals surface area (Å²) in [6.45, 7) is 4.21. The Bertz CT molecular complexity index is 602. The first-order valence-corrected chi connectivity index (χ1v) is 8.42. The molecule has 0 atom stereocenters. The Balaban J connectivity index is 1.54. The maximum Gasteiger partial charge on any atom is 0.200 e. The average molecular weight is 302 g/mol. The first-order valence-electron chi connectivity index (χ1n) is 8.42. The second-order valence-electron chi connectivity index (χ2n) is 6.20. The molecule has 22 heavy (non-hydrogen) atoms. The van der Waals surface area contributed by atoms with Gasteiger partial charge in [0.15, 0.2) is 0 Å². The quantitative estimate of drug-likeness (QED) is 0.796. The van der Waals surface area contributed by atoms with Crippen molar-refractivity contribution >= 4 is 11.3 Å². The first kappa shape index (κ1) is 15.2. The van der Waals surface area contributed by atoms with Crippen LogP contribution < -0.4 is 5.32 Å². The van der Waals surface area contributed by atoms with Gasteiger partial charge in [-0.25, -0.2) is 0 Å². The van der Waals surface area contributed by atoms with Gasteiger partial charge in [-0.2, -0.15) is 9.61 Å². The van der Waals surface area contributed by atoms with Crippen molar-refractivity contribution in [2.24, 2.45) is 0 Å². The largest absolute Gasteiger partial charge is 0.382 e. The van der Waals surface area contributed by atoms with E-state index in [1.165, 1.54) is 25.7 Å². The molecule has 3 rings (SSSR count). The van der Waals surface area contributed by atoms with Crippen LogP contribution in [0.5, 0.6) is 0 Å². The summed E-state index contributed by atoms with van der Waals surface area (Å²) in [6.07, 6.45) is 9.24. The summed E-state index contributed by atoms with van der Waals surface area (Å²) < 4.78 is 1.76. The van der Waals surface area contributed by atoms with Gasteiger partial charge in [0.2, 0.25) is 5.65 Å². The van der Waals surface area contributed by atoms with E-state index in [0.29, 0.717) is 0 Å². The maximum atomic E-state index is 4.47. The molecule has 2 aromatic heterocycles. The smallest absolute Gasteiger partial charge is 0.200 e. The third-order valence-electron chi connectivity index (χ3n) is 4.63. The molecule has 0 aliphatic heterocycles. The van der Waals surface area contributed by atoms with Crippen LogP contribution in [0, 0.1) is 0 Å². The van der Waals surface area contributed by atoms with E-state index in [0.717, 1.165) is 49.0 Å². The van der Waals surface area contributed by atoms with Gasteiger partial charge in [0.05, 0.1) is 11.4 Å². The highest BCUT2D eigenvalue weighted by Gasteiger charge is 2.18. The van der Waals surface area contributed by atoms with Crippen molar-refractivity contribution in [3.8, 4) is 0 Å². The number of nitrogens with zero attached hydrogens (tertiary/aromatic N) is 5. The molecule has 2 aromatic rings. The fraction of sp³-hybridized carbons (Fsp3) is 0.688. The molecular weight excluding hydrogens is 276 g/mol. The van der Waals surface area contributed by atoms with Crippen molar-refractivity contribution < 1.29 is 0 Å². The molecule has 0 amide bonds. The summed E-state index contributed by atoms with van der Waals surface area (Å²) in [5.74, 6) is 0. The van der Waals surface area contributed by atoms with Crippen LogP contribution in [-0.4, -0.2) is 50.9 Å². The Hall–Kier alpha value is -1.69. The highest BCUT2D eigenvalue weighted by Crippen LogP contribution is 2.22. The highest BCUT2D eigenvalue weighted by molar-refractivity contribution is 5.66. The lowest BCUT2D eigenvalue weighted by Crippen LogP contribution is -2.30. The molecule has 0 saturated heterocycles. The van der Waals surface area contributed by atoms with Crippen molar-refractivity contribution in [1.29, 1.82) is 0 Å². The van der Waals surface area contributed by atoms with E-state index in [9.17, 15) is 0 Å². The Kier molecular flexibility index (Phi) is 4.87. The molecule has 0 unspecified atom stereocenters. The number of nitrogens with one attached hydrogen (secondary N) is 1. The van der Waals surface area contributed by atoms with Crippen molar-refractivity contribution in [2.45, 2.75) is 51.5 Å². The second kappa shape index (κ2) is 7.05. The van der Waals surface area contributed by atoms with Gasteiger partial charge < -0.3 is 10.2 Å². The van der Waals surface area contributed by atoms with Crippen molar-refractivity contribution in [2.75, 3.05) is 25.5 Å². The second-order valence-corrected chi connectivity index (χ2v) is 6.20. The van der Waals surface area contributed by atoms with Gasteiger partial charge in [-0.1, -0.05) is 19.8 Å². The highest BCUT2D eigenvalue weighted by atomic mass is 15.3. The maximum absolute atomic E-state index is 4.47. The normalized spacial score (nSPS) is 16.0. The fourth-order valence-corrected chi connectivity index (χ4v) is 3.26. The first-order chi connectivity index (χ1) is 10.8. The molecule has 1 fully saturated rings. The minimum atomic E-state index is 0.802. The van der Waals surface area contributed by atoms with Crippen LogP contribution >= 0.6 is 0 Å². The van der Waals surface area contributed by atoms with E-state index < -0.39 is 0 Å². The molecule has 0 radical (unpaired) electrons. The summed E-state index contributed by atoms with van der Waals surface area (Å²) in [4.78, 5) is 2.52. The van der Waals surface area contributed by atoms with Crippen molar-refractivity contribution in [1.82, 2.24) is 24.7 Å². The predicted molar refractivity (Wildman–Crippen MR) is 88.2 cm³/mol. The predicted octanol–water partition coefficient (Wildman–Crippen LogP) is 2.36. The van der Waals surface area contributed by atoms with Gasteiger partial charge >= 0.3 is 0 Å². The molecule has 1 aliphatic carbocycles. The minimum absolute atomic E-state index is 0.802. The van der Waals surface area contributed by atoms with E-state index in [1.54, 1.807) is 10.8 Å². The van der Waals surface area contributed by atoms with Crippen LogP contribution in [0.1, 0.15) is 44.7 Å². The number of hydrogen-bond acceptors (Lipinski definition) is 5. The minimum Gasteiger partial charge on any atom is -0.382 e. The number of rotatable bonds is 7. The van der Waals surface area contributed by atoms with Gasteiger partial charge in [0, 0.05) is 12.6 Å². The number of hydrogen-bond donors (Lipinski definition) is 1. The summed E-state index contributed by atoms with van der Waals surface area (Å²) in [5.41, 5.74) is 2.90. The van der Waals surface area contributed by atoms with Crippen LogP contribution in [0.15, 0.2) is 12.4 Å². The molecule has 0 bridgehead atoms. The SMILES string of the molecule is CCc1cc(NCCCN(C)C2CCCC2)c2nncn2n1. The van der Waals surface area contributed by atoms with Crippen LogP contribution in [0.4, 0.5) is 5.69 Å².